The minimum Gasteiger partial charge on any atom is -0.491 e. The molecule has 2 saturated heterocycles. The first-order valence-corrected chi connectivity index (χ1v) is 9.51. The molecule has 6 heteroatoms. The van der Waals surface area contributed by atoms with Gasteiger partial charge in [0.05, 0.1) is 24.6 Å². The molecule has 0 aliphatic carbocycles. The summed E-state index contributed by atoms with van der Waals surface area (Å²) in [4.78, 5) is 0. The second-order valence-electron chi connectivity index (χ2n) is 7.13. The van der Waals surface area contributed by atoms with Crippen LogP contribution in [0.5, 0.6) is 11.5 Å². The highest BCUT2D eigenvalue weighted by Crippen LogP contribution is 2.25. The predicted octanol–water partition coefficient (Wildman–Crippen LogP) is 3.40. The van der Waals surface area contributed by atoms with Gasteiger partial charge in [0.2, 0.25) is 0 Å². The second kappa shape index (κ2) is 7.30. The molecule has 3 aromatic rings. The van der Waals surface area contributed by atoms with Crippen molar-refractivity contribution in [2.75, 3.05) is 26.4 Å². The smallest absolute Gasteiger partial charge is 0.119 e. The molecule has 0 saturated carbocycles. The van der Waals surface area contributed by atoms with Gasteiger partial charge in [-0.15, -0.1) is 0 Å². The van der Waals surface area contributed by atoms with E-state index in [-0.39, 0.29) is 12.2 Å². The van der Waals surface area contributed by atoms with Crippen LogP contribution in [0.1, 0.15) is 5.69 Å². The molecule has 1 aromatic heterocycles. The van der Waals surface area contributed by atoms with E-state index in [1.807, 2.05) is 53.2 Å². The van der Waals surface area contributed by atoms with Crippen molar-refractivity contribution in [3.05, 3.63) is 60.3 Å². The normalized spacial score (nSPS) is 20.0. The average molecular weight is 378 g/mol. The van der Waals surface area contributed by atoms with Gasteiger partial charge in [0, 0.05) is 11.3 Å². The molecule has 2 aromatic carbocycles. The van der Waals surface area contributed by atoms with Gasteiger partial charge in [-0.05, 0) is 61.5 Å². The molecule has 3 heterocycles. The Hall–Kier alpha value is -2.83. The van der Waals surface area contributed by atoms with Gasteiger partial charge in [-0.1, -0.05) is 0 Å². The number of aromatic nitrogens is 2. The molecule has 28 heavy (non-hydrogen) atoms. The lowest BCUT2D eigenvalue weighted by Gasteiger charge is -2.07. The summed E-state index contributed by atoms with van der Waals surface area (Å²) in [5.41, 5.74) is 4.06. The van der Waals surface area contributed by atoms with E-state index in [1.165, 1.54) is 0 Å². The molecule has 0 N–H and O–H groups in total. The minimum absolute atomic E-state index is 0.259. The minimum atomic E-state index is 0.259. The molecule has 0 amide bonds. The first kappa shape index (κ1) is 17.3. The van der Waals surface area contributed by atoms with Crippen molar-refractivity contribution in [1.82, 2.24) is 9.78 Å². The third-order valence-electron chi connectivity index (χ3n) is 4.80. The Morgan fingerprint density at radius 1 is 0.893 bits per heavy atom. The summed E-state index contributed by atoms with van der Waals surface area (Å²) in [7, 11) is 0. The van der Waals surface area contributed by atoms with Gasteiger partial charge < -0.3 is 18.9 Å². The highest BCUT2D eigenvalue weighted by Gasteiger charge is 2.23. The summed E-state index contributed by atoms with van der Waals surface area (Å²) in [6.07, 6.45) is 0.520. The van der Waals surface area contributed by atoms with Crippen LogP contribution in [0.3, 0.4) is 0 Å². The van der Waals surface area contributed by atoms with E-state index in [0.29, 0.717) is 13.2 Å². The number of epoxide rings is 2. The maximum absolute atomic E-state index is 5.70. The summed E-state index contributed by atoms with van der Waals surface area (Å²) >= 11 is 0. The van der Waals surface area contributed by atoms with Crippen LogP contribution in [0.4, 0.5) is 0 Å². The van der Waals surface area contributed by atoms with Crippen LogP contribution in [0.15, 0.2) is 54.6 Å². The summed E-state index contributed by atoms with van der Waals surface area (Å²) in [5.74, 6) is 1.69. The SMILES string of the molecule is Cc1cc(-c2ccc(OCC3CO3)cc2)nn1-c1ccc(OCC2CO2)cc1. The quantitative estimate of drug-likeness (QED) is 0.562. The van der Waals surface area contributed by atoms with E-state index in [1.54, 1.807) is 0 Å². The van der Waals surface area contributed by atoms with Crippen molar-refractivity contribution < 1.29 is 18.9 Å². The third-order valence-corrected chi connectivity index (χ3v) is 4.80. The van der Waals surface area contributed by atoms with E-state index >= 15 is 0 Å². The van der Waals surface area contributed by atoms with E-state index in [2.05, 4.69) is 13.0 Å². The Morgan fingerprint density at radius 3 is 1.96 bits per heavy atom. The molecule has 0 bridgehead atoms. The molecule has 2 fully saturated rings. The first-order chi connectivity index (χ1) is 13.7. The van der Waals surface area contributed by atoms with E-state index in [4.69, 9.17) is 24.0 Å². The number of hydrogen-bond donors (Lipinski definition) is 0. The Bertz CT molecular complexity index is 942. The molecule has 0 spiro atoms. The van der Waals surface area contributed by atoms with Crippen molar-refractivity contribution >= 4 is 0 Å². The molecule has 2 atom stereocenters. The molecule has 6 nitrogen and oxygen atoms in total. The largest absolute Gasteiger partial charge is 0.491 e. The number of benzene rings is 2. The number of ether oxygens (including phenoxy) is 4. The molecule has 144 valence electrons. The molecular weight excluding hydrogens is 356 g/mol. The fourth-order valence-corrected chi connectivity index (χ4v) is 2.99. The fourth-order valence-electron chi connectivity index (χ4n) is 2.99. The molecule has 2 unspecified atom stereocenters. The maximum atomic E-state index is 5.70. The summed E-state index contributed by atoms with van der Waals surface area (Å²) in [5, 5.41) is 4.77. The second-order valence-corrected chi connectivity index (χ2v) is 7.13. The number of aryl methyl sites for hydroxylation is 1. The Kier molecular flexibility index (Phi) is 4.50. The highest BCUT2D eigenvalue weighted by atomic mass is 16.6. The maximum Gasteiger partial charge on any atom is 0.119 e. The summed E-state index contributed by atoms with van der Waals surface area (Å²) < 4.78 is 23.7. The van der Waals surface area contributed by atoms with E-state index in [0.717, 1.165) is 47.4 Å². The van der Waals surface area contributed by atoms with Crippen LogP contribution in [-0.4, -0.2) is 48.4 Å². The van der Waals surface area contributed by atoms with Crippen LogP contribution in [0.25, 0.3) is 16.9 Å². The van der Waals surface area contributed by atoms with Crippen LogP contribution >= 0.6 is 0 Å². The highest BCUT2D eigenvalue weighted by molar-refractivity contribution is 5.61. The van der Waals surface area contributed by atoms with Crippen LogP contribution in [-0.2, 0) is 9.47 Å². The summed E-state index contributed by atoms with van der Waals surface area (Å²) in [6.45, 7) is 4.88. The first-order valence-electron chi connectivity index (χ1n) is 9.51. The van der Waals surface area contributed by atoms with Crippen LogP contribution < -0.4 is 9.47 Å². The van der Waals surface area contributed by atoms with Crippen molar-refractivity contribution in [1.29, 1.82) is 0 Å². The Balaban J connectivity index is 1.28. The van der Waals surface area contributed by atoms with Gasteiger partial charge in [-0.2, -0.15) is 5.10 Å². The molecule has 2 aliphatic rings. The van der Waals surface area contributed by atoms with Gasteiger partial charge in [0.15, 0.2) is 0 Å². The lowest BCUT2D eigenvalue weighted by molar-refractivity contribution is 0.263. The molecular formula is C22H22N2O4. The van der Waals surface area contributed by atoms with E-state index < -0.39 is 0 Å². The number of nitrogens with zero attached hydrogens (tertiary/aromatic N) is 2. The van der Waals surface area contributed by atoms with E-state index in [9.17, 15) is 0 Å². The van der Waals surface area contributed by atoms with Gasteiger partial charge in [0.1, 0.15) is 36.9 Å². The standard InChI is InChI=1S/C22H22N2O4/c1-15-10-22(16-2-6-18(7-3-16)25-11-20-13-27-20)23-24(15)17-4-8-19(9-5-17)26-12-21-14-28-21/h2-10,20-21H,11-14H2,1H3. The van der Waals surface area contributed by atoms with Gasteiger partial charge in [-0.3, -0.25) is 0 Å². The lowest BCUT2D eigenvalue weighted by atomic mass is 10.1. The molecule has 5 rings (SSSR count). The fraction of sp³-hybridized carbons (Fsp3) is 0.318. The zero-order chi connectivity index (χ0) is 18.9. The van der Waals surface area contributed by atoms with Crippen molar-refractivity contribution in [3.63, 3.8) is 0 Å². The number of rotatable bonds is 8. The van der Waals surface area contributed by atoms with Crippen molar-refractivity contribution in [2.45, 2.75) is 19.1 Å². The van der Waals surface area contributed by atoms with Crippen LogP contribution in [0, 0.1) is 6.92 Å². The van der Waals surface area contributed by atoms with Crippen molar-refractivity contribution in [3.8, 4) is 28.4 Å². The Labute approximate surface area is 163 Å². The third kappa shape index (κ3) is 4.03. The summed E-state index contributed by atoms with van der Waals surface area (Å²) in [6, 6.07) is 18.1. The zero-order valence-corrected chi connectivity index (χ0v) is 15.7. The van der Waals surface area contributed by atoms with Gasteiger partial charge in [0.25, 0.3) is 0 Å². The van der Waals surface area contributed by atoms with Gasteiger partial charge in [-0.25, -0.2) is 4.68 Å². The van der Waals surface area contributed by atoms with Crippen molar-refractivity contribution in [2.24, 2.45) is 0 Å². The average Bonchev–Trinajstić information content (AvgIpc) is 3.65. The monoisotopic (exact) mass is 378 g/mol. The number of hydrogen-bond acceptors (Lipinski definition) is 5. The topological polar surface area (TPSA) is 61.3 Å². The zero-order valence-electron chi connectivity index (χ0n) is 15.7. The van der Waals surface area contributed by atoms with Crippen LogP contribution in [0.2, 0.25) is 0 Å². The lowest BCUT2D eigenvalue weighted by Crippen LogP contribution is -2.04. The molecule has 0 radical (unpaired) electrons. The Morgan fingerprint density at radius 2 is 1.43 bits per heavy atom. The predicted molar refractivity (Wildman–Crippen MR) is 104 cm³/mol. The van der Waals surface area contributed by atoms with Gasteiger partial charge >= 0.3 is 0 Å². The molecule has 2 aliphatic heterocycles.